The van der Waals surface area contributed by atoms with Crippen LogP contribution in [0.15, 0.2) is 81.1 Å². The number of aromatic nitrogens is 7. The van der Waals surface area contributed by atoms with Gasteiger partial charge in [0, 0.05) is 72.4 Å². The molecule has 17 heteroatoms. The third-order valence-corrected chi connectivity index (χ3v) is 18.4. The molecule has 7 aromatic rings. The maximum atomic E-state index is 15.6. The average molecular weight is 944 g/mol. The number of nitrogens with one attached hydrogen (secondary N) is 2. The summed E-state index contributed by atoms with van der Waals surface area (Å²) >= 11 is 0. The third-order valence-electron chi connectivity index (χ3n) is 15.1. The number of aromatic amines is 1. The largest absolute Gasteiger partial charge is 0.438 e. The molecule has 2 aliphatic heterocycles. The minimum absolute atomic E-state index is 0.0115. The lowest BCUT2D eigenvalue weighted by molar-refractivity contribution is -0.0592. The van der Waals surface area contributed by atoms with Gasteiger partial charge in [0.15, 0.2) is 5.82 Å². The van der Waals surface area contributed by atoms with E-state index >= 15 is 9.18 Å². The predicted octanol–water partition coefficient (Wildman–Crippen LogP) is 8.62. The number of carbonyl (C=O) groups excluding carboxylic acids is 1. The predicted molar refractivity (Wildman–Crippen MR) is 261 cm³/mol. The van der Waals surface area contributed by atoms with E-state index in [0.717, 1.165) is 29.0 Å². The number of rotatable bonds is 11. The number of nitrogens with zero attached hydrogens (tertiary/aromatic N) is 7. The van der Waals surface area contributed by atoms with Crippen LogP contribution in [0.3, 0.4) is 0 Å². The first-order chi connectivity index (χ1) is 32.4. The highest BCUT2D eigenvalue weighted by molar-refractivity contribution is 7.71. The zero-order valence-corrected chi connectivity index (χ0v) is 41.0. The first kappa shape index (κ1) is 45.5. The Morgan fingerprint density at radius 3 is 2.34 bits per heavy atom. The number of fused-ring (bicyclic) bond motifs is 2. The SMILES string of the molecule is CCP(=O)(CC)c1ccc(-n2ccn(-c3c(-c4cc(C)c(F)c(C)c4)nn4c3C(C)N(C(=O)c3cc5cc(C6CCOC(C)(C)C6)ccc5n3C3(c5noc(=O)[nH]5)CC3C)CC4)c2=O)cc1NC. The summed E-state index contributed by atoms with van der Waals surface area (Å²) in [4.78, 5) is 47.6. The summed E-state index contributed by atoms with van der Waals surface area (Å²) in [7, 11) is -0.874. The minimum Gasteiger partial charge on any atom is -0.387 e. The molecule has 356 valence electrons. The van der Waals surface area contributed by atoms with Crippen LogP contribution in [-0.4, -0.2) is 82.6 Å². The molecule has 1 saturated heterocycles. The van der Waals surface area contributed by atoms with Gasteiger partial charge in [0.05, 0.1) is 29.6 Å². The molecule has 4 unspecified atom stereocenters. The third kappa shape index (κ3) is 7.16. The van der Waals surface area contributed by atoms with Crippen LogP contribution in [0.2, 0.25) is 0 Å². The number of H-pyrrole nitrogens is 1. The van der Waals surface area contributed by atoms with Crippen molar-refractivity contribution in [2.45, 2.75) is 104 Å². The van der Waals surface area contributed by atoms with Crippen molar-refractivity contribution in [3.8, 4) is 22.6 Å². The number of imidazole rings is 1. The summed E-state index contributed by atoms with van der Waals surface area (Å²) in [6.07, 6.45) is 6.80. The second-order valence-corrected chi connectivity index (χ2v) is 23.2. The molecule has 1 saturated carbocycles. The normalized spacial score (nSPS) is 21.3. The Kier molecular flexibility index (Phi) is 11.0. The summed E-state index contributed by atoms with van der Waals surface area (Å²) in [6, 6.07) is 16.8. The summed E-state index contributed by atoms with van der Waals surface area (Å²) in [5.74, 6) is -0.563. The maximum absolute atomic E-state index is 15.6. The smallest absolute Gasteiger partial charge is 0.387 e. The number of hydrogen-bond donors (Lipinski definition) is 2. The number of carbonyl (C=O) groups is 1. The Labute approximate surface area is 393 Å². The highest BCUT2D eigenvalue weighted by Crippen LogP contribution is 2.56. The van der Waals surface area contributed by atoms with Crippen LogP contribution in [0.25, 0.3) is 33.5 Å². The first-order valence-corrected chi connectivity index (χ1v) is 25.8. The van der Waals surface area contributed by atoms with Gasteiger partial charge in [0.2, 0.25) is 0 Å². The Morgan fingerprint density at radius 1 is 0.971 bits per heavy atom. The Morgan fingerprint density at radius 2 is 1.69 bits per heavy atom. The van der Waals surface area contributed by atoms with E-state index in [4.69, 9.17) is 14.4 Å². The van der Waals surface area contributed by atoms with Gasteiger partial charge >= 0.3 is 11.4 Å². The van der Waals surface area contributed by atoms with E-state index in [-0.39, 0.29) is 34.9 Å². The summed E-state index contributed by atoms with van der Waals surface area (Å²) in [5.41, 5.74) is 5.35. The van der Waals surface area contributed by atoms with Crippen LogP contribution >= 0.6 is 7.14 Å². The molecule has 1 amide bonds. The van der Waals surface area contributed by atoms with E-state index in [9.17, 15) is 14.2 Å². The second-order valence-electron chi connectivity index (χ2n) is 19.7. The van der Waals surface area contributed by atoms with Crippen molar-refractivity contribution in [1.82, 2.24) is 38.5 Å². The highest BCUT2D eigenvalue weighted by atomic mass is 31.2. The number of aryl methyl sites for hydroxylation is 2. The lowest BCUT2D eigenvalue weighted by atomic mass is 9.83. The summed E-state index contributed by atoms with van der Waals surface area (Å²) < 4.78 is 47.2. The average Bonchev–Trinajstić information content (AvgIpc) is 3.82. The summed E-state index contributed by atoms with van der Waals surface area (Å²) in [5, 5.41) is 14.2. The molecule has 68 heavy (non-hydrogen) atoms. The van der Waals surface area contributed by atoms with Crippen LogP contribution in [0.1, 0.15) is 111 Å². The number of halogens is 1. The van der Waals surface area contributed by atoms with Gasteiger partial charge in [-0.1, -0.05) is 32.0 Å². The van der Waals surface area contributed by atoms with Crippen LogP contribution in [0.4, 0.5) is 10.1 Å². The molecule has 0 spiro atoms. The van der Waals surface area contributed by atoms with Crippen molar-refractivity contribution < 1.29 is 23.0 Å². The van der Waals surface area contributed by atoms with Gasteiger partial charge in [0.1, 0.15) is 35.6 Å². The van der Waals surface area contributed by atoms with Gasteiger partial charge in [-0.3, -0.25) is 28.1 Å². The molecule has 4 atom stereocenters. The molecular weight excluding hydrogens is 885 g/mol. The number of amides is 1. The molecule has 15 nitrogen and oxygen atoms in total. The number of benzene rings is 3. The molecule has 0 radical (unpaired) electrons. The van der Waals surface area contributed by atoms with Crippen molar-refractivity contribution in [2.24, 2.45) is 5.92 Å². The zero-order valence-electron chi connectivity index (χ0n) is 40.1. The fourth-order valence-corrected chi connectivity index (χ4v) is 13.3. The molecule has 10 rings (SSSR count). The minimum atomic E-state index is -2.66. The first-order valence-electron chi connectivity index (χ1n) is 23.7. The van der Waals surface area contributed by atoms with Crippen LogP contribution in [0.5, 0.6) is 0 Å². The van der Waals surface area contributed by atoms with Gasteiger partial charge in [-0.2, -0.15) is 5.10 Å². The van der Waals surface area contributed by atoms with Gasteiger partial charge in [-0.15, -0.1) is 0 Å². The quantitative estimate of drug-likeness (QED) is 0.121. The fourth-order valence-electron chi connectivity index (χ4n) is 11.2. The molecule has 0 bridgehead atoms. The van der Waals surface area contributed by atoms with E-state index < -0.39 is 24.5 Å². The van der Waals surface area contributed by atoms with E-state index in [1.54, 1.807) is 50.0 Å². The Balaban J connectivity index is 1.11. The molecule has 2 N–H and O–H groups in total. The molecule has 2 fully saturated rings. The van der Waals surface area contributed by atoms with Gasteiger partial charge < -0.3 is 24.1 Å². The zero-order chi connectivity index (χ0) is 48.2. The fraction of sp³-hybridized carbons (Fsp3) is 0.431. The lowest BCUT2D eigenvalue weighted by Gasteiger charge is -2.35. The van der Waals surface area contributed by atoms with Gasteiger partial charge in [-0.05, 0) is 131 Å². The van der Waals surface area contributed by atoms with E-state index in [2.05, 4.69) is 54.4 Å². The molecule has 3 aromatic carbocycles. The van der Waals surface area contributed by atoms with Crippen molar-refractivity contribution in [3.05, 3.63) is 128 Å². The van der Waals surface area contributed by atoms with Gasteiger partial charge in [0.25, 0.3) is 5.91 Å². The molecule has 1 aliphatic carbocycles. The number of anilines is 1. The maximum Gasteiger partial charge on any atom is 0.438 e. The highest BCUT2D eigenvalue weighted by Gasteiger charge is 2.59. The topological polar surface area (TPSA) is 167 Å². The molecule has 3 aliphatic rings. The molecular formula is C51H59FN9O6P. The summed E-state index contributed by atoms with van der Waals surface area (Å²) in [6.45, 7) is 16.8. The van der Waals surface area contributed by atoms with Crippen LogP contribution in [0, 0.1) is 25.6 Å². The Hall–Kier alpha value is -6.25. The van der Waals surface area contributed by atoms with Crippen LogP contribution in [-0.2, 0) is 21.4 Å². The number of hydrogen-bond acceptors (Lipinski definition) is 9. The van der Waals surface area contributed by atoms with Gasteiger partial charge in [-0.25, -0.2) is 14.0 Å². The lowest BCUT2D eigenvalue weighted by Crippen LogP contribution is -2.43. The molecule has 4 aromatic heterocycles. The van der Waals surface area contributed by atoms with Crippen molar-refractivity contribution in [3.63, 3.8) is 0 Å². The van der Waals surface area contributed by atoms with E-state index in [1.165, 1.54) is 10.1 Å². The van der Waals surface area contributed by atoms with Crippen LogP contribution < -0.4 is 22.1 Å². The molecule has 6 heterocycles. The van der Waals surface area contributed by atoms with Crippen molar-refractivity contribution >= 4 is 34.9 Å². The van der Waals surface area contributed by atoms with Crippen molar-refractivity contribution in [2.75, 3.05) is 37.8 Å². The standard InChI is InChI=1S/C51H59FN9O6P/c1-10-68(65,11-2)41-15-13-37(26-38(41)53-9)58-17-18-59(49(58)64)45-43(36-22-29(3)42(52)30(4)23-36)55-60-20-19-57(32(6)44(45)60)46(62)40-25-35-24-33(34-16-21-66-50(7,8)28-34)12-14-39(35)61(40)51(27-31(51)5)47-54-48(63)67-56-47/h12-15,17-18,22-26,31-32,34,53H,10-11,16,19-21,27-28H2,1-9H3,(H,54,56,63). The van der Waals surface area contributed by atoms with E-state index in [0.29, 0.717) is 95.1 Å². The van der Waals surface area contributed by atoms with E-state index in [1.807, 2.05) is 59.2 Å². The Bertz CT molecular complexity index is 3300. The van der Waals surface area contributed by atoms with Crippen molar-refractivity contribution in [1.29, 1.82) is 0 Å². The number of ether oxygens (including phenoxy) is 1. The monoisotopic (exact) mass is 943 g/mol. The second kappa shape index (κ2) is 16.5.